The lowest BCUT2D eigenvalue weighted by Crippen LogP contribution is -2.19. The van der Waals surface area contributed by atoms with Crippen molar-refractivity contribution in [2.24, 2.45) is 5.41 Å². The van der Waals surface area contributed by atoms with Gasteiger partial charge in [0.05, 0.1) is 6.61 Å². The Morgan fingerprint density at radius 1 is 1.33 bits per heavy atom. The monoisotopic (exact) mass is 367 g/mol. The molecule has 3 heteroatoms. The third-order valence-electron chi connectivity index (χ3n) is 5.18. The van der Waals surface area contributed by atoms with Crippen molar-refractivity contribution in [2.75, 3.05) is 6.61 Å². The van der Waals surface area contributed by atoms with E-state index in [9.17, 15) is 4.79 Å². The van der Waals surface area contributed by atoms with E-state index in [0.717, 1.165) is 24.0 Å². The van der Waals surface area contributed by atoms with Gasteiger partial charge in [0.25, 0.3) is 0 Å². The number of carbonyl (C=O) groups is 1. The van der Waals surface area contributed by atoms with Gasteiger partial charge in [-0.2, -0.15) is 0 Å². The first-order valence-electron chi connectivity index (χ1n) is 10.0. The maximum Gasteiger partial charge on any atom is 0.356 e. The molecule has 0 unspecified atom stereocenters. The highest BCUT2D eigenvalue weighted by Gasteiger charge is 2.26. The summed E-state index contributed by atoms with van der Waals surface area (Å²) in [6.07, 6.45) is 13.9. The maximum absolute atomic E-state index is 11.9. The summed E-state index contributed by atoms with van der Waals surface area (Å²) in [7, 11) is 0. The van der Waals surface area contributed by atoms with Crippen molar-refractivity contribution in [2.45, 2.75) is 66.7 Å². The largest absolute Gasteiger partial charge is 0.461 e. The normalized spacial score (nSPS) is 17.4. The fourth-order valence-electron chi connectivity index (χ4n) is 3.53. The summed E-state index contributed by atoms with van der Waals surface area (Å²) in [5.74, 6) is -0.350. The number of ether oxygens (including phenoxy) is 1. The standard InChI is InChI=1S/C24H33NO2/c1-6-7-15-27-23(26)22-13-11-20(17-25-22)16-18(2)10-12-21-19(3)9-8-14-24(21,4)5/h10-13,16-17H,6-9,14-15H2,1-5H3/b12-10+,18-16+. The van der Waals surface area contributed by atoms with Gasteiger partial charge in [-0.25, -0.2) is 9.78 Å². The maximum atomic E-state index is 11.9. The lowest BCUT2D eigenvalue weighted by atomic mass is 9.72. The van der Waals surface area contributed by atoms with Gasteiger partial charge in [-0.1, -0.05) is 62.6 Å². The van der Waals surface area contributed by atoms with Gasteiger partial charge in [-0.05, 0) is 62.1 Å². The third-order valence-corrected chi connectivity index (χ3v) is 5.18. The Morgan fingerprint density at radius 3 is 2.74 bits per heavy atom. The predicted molar refractivity (Wildman–Crippen MR) is 113 cm³/mol. The lowest BCUT2D eigenvalue weighted by molar-refractivity contribution is 0.0493. The fraction of sp³-hybridized carbons (Fsp3) is 0.500. The summed E-state index contributed by atoms with van der Waals surface area (Å²) >= 11 is 0. The van der Waals surface area contributed by atoms with E-state index in [1.165, 1.54) is 30.4 Å². The number of allylic oxidation sites excluding steroid dienone is 5. The zero-order chi connectivity index (χ0) is 19.9. The van der Waals surface area contributed by atoms with E-state index in [1.807, 2.05) is 6.07 Å². The second-order valence-electron chi connectivity index (χ2n) is 8.12. The summed E-state index contributed by atoms with van der Waals surface area (Å²) in [6, 6.07) is 3.64. The van der Waals surface area contributed by atoms with Crippen LogP contribution in [0.3, 0.4) is 0 Å². The summed E-state index contributed by atoms with van der Waals surface area (Å²) in [5, 5.41) is 0. The number of hydrogen-bond donors (Lipinski definition) is 0. The van der Waals surface area contributed by atoms with Crippen molar-refractivity contribution in [3.8, 4) is 0 Å². The van der Waals surface area contributed by atoms with Crippen LogP contribution in [-0.2, 0) is 4.74 Å². The topological polar surface area (TPSA) is 39.2 Å². The number of pyridine rings is 1. The highest BCUT2D eigenvalue weighted by molar-refractivity contribution is 5.87. The zero-order valence-electron chi connectivity index (χ0n) is 17.5. The van der Waals surface area contributed by atoms with E-state index >= 15 is 0 Å². The second-order valence-corrected chi connectivity index (χ2v) is 8.12. The number of nitrogens with zero attached hydrogens (tertiary/aromatic N) is 1. The highest BCUT2D eigenvalue weighted by Crippen LogP contribution is 2.40. The molecule has 146 valence electrons. The molecule has 1 aromatic heterocycles. The Balaban J connectivity index is 2.04. The van der Waals surface area contributed by atoms with E-state index in [4.69, 9.17) is 4.74 Å². The first kappa shape index (κ1) is 21.1. The molecule has 1 aliphatic carbocycles. The molecule has 0 bridgehead atoms. The zero-order valence-corrected chi connectivity index (χ0v) is 17.5. The minimum absolute atomic E-state index is 0.250. The molecule has 0 radical (unpaired) electrons. The van der Waals surface area contributed by atoms with Gasteiger partial charge in [0.2, 0.25) is 0 Å². The number of esters is 1. The average Bonchev–Trinajstić information content (AvgIpc) is 2.61. The molecule has 27 heavy (non-hydrogen) atoms. The van der Waals surface area contributed by atoms with Gasteiger partial charge >= 0.3 is 5.97 Å². The molecule has 2 rings (SSSR count). The molecular weight excluding hydrogens is 334 g/mol. The van der Waals surface area contributed by atoms with Gasteiger partial charge in [-0.15, -0.1) is 0 Å². The van der Waals surface area contributed by atoms with Crippen LogP contribution in [0.15, 0.2) is 47.2 Å². The Hall–Kier alpha value is -2.16. The SMILES string of the molecule is CCCCOC(=O)c1ccc(/C=C(C)/C=C/C2=C(C)CCCC2(C)C)cn1. The number of aromatic nitrogens is 1. The quantitative estimate of drug-likeness (QED) is 0.313. The summed E-state index contributed by atoms with van der Waals surface area (Å²) in [5.41, 5.74) is 5.72. The first-order valence-corrected chi connectivity index (χ1v) is 10.0. The Labute approximate surface area is 164 Å². The Bertz CT molecular complexity index is 736. The van der Waals surface area contributed by atoms with Gasteiger partial charge < -0.3 is 4.74 Å². The smallest absolute Gasteiger partial charge is 0.356 e. The number of unbranched alkanes of at least 4 members (excludes halogenated alkanes) is 1. The van der Waals surface area contributed by atoms with Crippen LogP contribution in [-0.4, -0.2) is 17.6 Å². The molecule has 1 heterocycles. The van der Waals surface area contributed by atoms with Crippen LogP contribution in [0.25, 0.3) is 6.08 Å². The second kappa shape index (κ2) is 9.68. The van der Waals surface area contributed by atoms with Gasteiger partial charge in [-0.3, -0.25) is 0 Å². The van der Waals surface area contributed by atoms with Gasteiger partial charge in [0.1, 0.15) is 5.69 Å². The van der Waals surface area contributed by atoms with Crippen molar-refractivity contribution >= 4 is 12.0 Å². The summed E-state index contributed by atoms with van der Waals surface area (Å²) in [6.45, 7) is 11.5. The number of rotatable bonds is 7. The van der Waals surface area contributed by atoms with Crippen LogP contribution in [0.1, 0.15) is 82.8 Å². The molecule has 0 N–H and O–H groups in total. The van der Waals surface area contributed by atoms with Crippen LogP contribution >= 0.6 is 0 Å². The average molecular weight is 368 g/mol. The van der Waals surface area contributed by atoms with Crippen LogP contribution in [0.4, 0.5) is 0 Å². The fourth-order valence-corrected chi connectivity index (χ4v) is 3.53. The first-order chi connectivity index (χ1) is 12.8. The van der Waals surface area contributed by atoms with Crippen LogP contribution in [0.2, 0.25) is 0 Å². The lowest BCUT2D eigenvalue weighted by Gasteiger charge is -2.32. The minimum Gasteiger partial charge on any atom is -0.461 e. The van der Waals surface area contributed by atoms with E-state index in [0.29, 0.717) is 12.3 Å². The molecule has 3 nitrogen and oxygen atoms in total. The van der Waals surface area contributed by atoms with Crippen molar-refractivity contribution in [1.82, 2.24) is 4.98 Å². The van der Waals surface area contributed by atoms with E-state index in [-0.39, 0.29) is 11.4 Å². The molecule has 0 atom stereocenters. The predicted octanol–water partition coefficient (Wildman–Crippen LogP) is 6.52. The van der Waals surface area contributed by atoms with Crippen molar-refractivity contribution in [3.05, 3.63) is 58.5 Å². The Kier molecular flexibility index (Phi) is 7.58. The van der Waals surface area contributed by atoms with Crippen LogP contribution < -0.4 is 0 Å². The van der Waals surface area contributed by atoms with Crippen LogP contribution in [0, 0.1) is 5.41 Å². The molecule has 0 amide bonds. The van der Waals surface area contributed by atoms with E-state index < -0.39 is 0 Å². The molecule has 0 fully saturated rings. The number of hydrogen-bond acceptors (Lipinski definition) is 3. The van der Waals surface area contributed by atoms with Crippen molar-refractivity contribution in [3.63, 3.8) is 0 Å². The highest BCUT2D eigenvalue weighted by atomic mass is 16.5. The molecule has 0 aromatic carbocycles. The molecule has 0 saturated heterocycles. The summed E-state index contributed by atoms with van der Waals surface area (Å²) < 4.78 is 5.19. The van der Waals surface area contributed by atoms with Gasteiger partial charge in [0, 0.05) is 6.20 Å². The summed E-state index contributed by atoms with van der Waals surface area (Å²) in [4.78, 5) is 16.1. The molecule has 1 aliphatic rings. The number of carbonyl (C=O) groups excluding carboxylic acids is 1. The Morgan fingerprint density at radius 2 is 2.11 bits per heavy atom. The molecule has 0 aliphatic heterocycles. The molecule has 0 spiro atoms. The van der Waals surface area contributed by atoms with E-state index in [2.05, 4.69) is 57.8 Å². The molecule has 0 saturated carbocycles. The third kappa shape index (κ3) is 6.20. The van der Waals surface area contributed by atoms with Crippen molar-refractivity contribution in [1.29, 1.82) is 0 Å². The van der Waals surface area contributed by atoms with Crippen molar-refractivity contribution < 1.29 is 9.53 Å². The minimum atomic E-state index is -0.350. The van der Waals surface area contributed by atoms with Crippen LogP contribution in [0.5, 0.6) is 0 Å². The molecular formula is C24H33NO2. The van der Waals surface area contributed by atoms with E-state index in [1.54, 1.807) is 12.3 Å². The molecule has 1 aromatic rings. The van der Waals surface area contributed by atoms with Gasteiger partial charge in [0.15, 0.2) is 0 Å².